The number of unbranched alkanes of at least 4 members (excludes halogenated alkanes) is 8. The summed E-state index contributed by atoms with van der Waals surface area (Å²) in [5.41, 5.74) is 5.26. The highest BCUT2D eigenvalue weighted by Crippen LogP contribution is 2.19. The van der Waals surface area contributed by atoms with Crippen LogP contribution in [0.2, 0.25) is 0 Å². The molecule has 0 rings (SSSR count). The molecule has 4 nitrogen and oxygen atoms in total. The van der Waals surface area contributed by atoms with Gasteiger partial charge in [-0.25, -0.2) is 0 Å². The fourth-order valence-corrected chi connectivity index (χ4v) is 2.73. The van der Waals surface area contributed by atoms with E-state index in [-0.39, 0.29) is 18.2 Å². The fraction of sp³-hybridized carbons (Fsp3) is 0.889. The molecule has 1 atom stereocenters. The summed E-state index contributed by atoms with van der Waals surface area (Å²) in [6.45, 7) is 2.34. The summed E-state index contributed by atoms with van der Waals surface area (Å²) in [4.78, 5) is 22.3. The normalized spacial score (nSPS) is 12.3. The first-order valence-electron chi connectivity index (χ1n) is 9.06. The first-order chi connectivity index (χ1) is 10.6. The van der Waals surface area contributed by atoms with E-state index < -0.39 is 5.97 Å². The highest BCUT2D eigenvalue weighted by molar-refractivity contribution is 5.80. The number of aliphatic carboxylic acids is 1. The Morgan fingerprint density at radius 2 is 1.36 bits per heavy atom. The Hall–Kier alpha value is -0.900. The maximum absolute atomic E-state index is 11.3. The van der Waals surface area contributed by atoms with Crippen molar-refractivity contribution in [2.45, 2.75) is 90.4 Å². The summed E-state index contributed by atoms with van der Waals surface area (Å²) in [5.74, 6) is -0.713. The Balaban J connectivity index is 3.60. The quantitative estimate of drug-likeness (QED) is 0.416. The minimum absolute atomic E-state index is 0.117. The van der Waals surface area contributed by atoms with Gasteiger partial charge in [0.15, 0.2) is 0 Å². The SMILES string of the molecule is CCCCCCCCC(CCCCCCC(=O)CN)C(=O)O. The van der Waals surface area contributed by atoms with Crippen molar-refractivity contribution >= 4 is 11.8 Å². The number of carbonyl (C=O) groups excluding carboxylic acids is 1. The minimum Gasteiger partial charge on any atom is -0.481 e. The number of rotatable bonds is 16. The standard InChI is InChI=1S/C18H35NO3/c1-2-3-4-5-6-9-12-16(18(21)22)13-10-7-8-11-14-17(20)15-19/h16H,2-15,19H2,1H3,(H,21,22). The molecule has 0 aromatic heterocycles. The molecule has 0 aliphatic rings. The smallest absolute Gasteiger partial charge is 0.306 e. The van der Waals surface area contributed by atoms with E-state index in [0.717, 1.165) is 51.4 Å². The molecule has 0 saturated carbocycles. The van der Waals surface area contributed by atoms with Crippen LogP contribution < -0.4 is 5.73 Å². The number of carbonyl (C=O) groups is 2. The van der Waals surface area contributed by atoms with E-state index in [0.29, 0.717) is 6.42 Å². The summed E-state index contributed by atoms with van der Waals surface area (Å²) in [6, 6.07) is 0. The van der Waals surface area contributed by atoms with Gasteiger partial charge in [-0.15, -0.1) is 0 Å². The van der Waals surface area contributed by atoms with Crippen LogP contribution in [0.15, 0.2) is 0 Å². The molecule has 3 N–H and O–H groups in total. The molecule has 0 aliphatic carbocycles. The molecule has 0 saturated heterocycles. The topological polar surface area (TPSA) is 80.4 Å². The van der Waals surface area contributed by atoms with Gasteiger partial charge >= 0.3 is 5.97 Å². The second-order valence-electron chi connectivity index (χ2n) is 6.29. The van der Waals surface area contributed by atoms with Gasteiger partial charge in [-0.2, -0.15) is 0 Å². The van der Waals surface area contributed by atoms with Gasteiger partial charge in [0.25, 0.3) is 0 Å². The van der Waals surface area contributed by atoms with Gasteiger partial charge in [0.05, 0.1) is 12.5 Å². The average molecular weight is 313 g/mol. The van der Waals surface area contributed by atoms with Crippen molar-refractivity contribution in [3.63, 3.8) is 0 Å². The van der Waals surface area contributed by atoms with Gasteiger partial charge < -0.3 is 10.8 Å². The van der Waals surface area contributed by atoms with E-state index >= 15 is 0 Å². The third-order valence-electron chi connectivity index (χ3n) is 4.24. The Morgan fingerprint density at radius 1 is 0.864 bits per heavy atom. The fourth-order valence-electron chi connectivity index (χ4n) is 2.73. The van der Waals surface area contributed by atoms with Crippen molar-refractivity contribution in [3.8, 4) is 0 Å². The molecule has 0 heterocycles. The molecule has 0 fully saturated rings. The van der Waals surface area contributed by atoms with Gasteiger partial charge in [0, 0.05) is 6.42 Å². The third kappa shape index (κ3) is 12.8. The maximum atomic E-state index is 11.3. The monoisotopic (exact) mass is 313 g/mol. The molecule has 0 spiro atoms. The third-order valence-corrected chi connectivity index (χ3v) is 4.24. The average Bonchev–Trinajstić information content (AvgIpc) is 2.51. The number of hydrogen-bond donors (Lipinski definition) is 2. The molecule has 4 heteroatoms. The first-order valence-corrected chi connectivity index (χ1v) is 9.06. The molecule has 130 valence electrons. The molecule has 0 amide bonds. The van der Waals surface area contributed by atoms with Gasteiger partial charge in [-0.1, -0.05) is 64.7 Å². The zero-order chi connectivity index (χ0) is 16.6. The van der Waals surface area contributed by atoms with Crippen LogP contribution >= 0.6 is 0 Å². The minimum atomic E-state index is -0.646. The highest BCUT2D eigenvalue weighted by Gasteiger charge is 2.16. The van der Waals surface area contributed by atoms with E-state index in [4.69, 9.17) is 5.73 Å². The van der Waals surface area contributed by atoms with E-state index in [2.05, 4.69) is 6.92 Å². The predicted octanol–water partition coefficient (Wildman–Crippen LogP) is 4.31. The van der Waals surface area contributed by atoms with Gasteiger partial charge in [-0.3, -0.25) is 9.59 Å². The van der Waals surface area contributed by atoms with Crippen LogP contribution in [0.3, 0.4) is 0 Å². The maximum Gasteiger partial charge on any atom is 0.306 e. The number of nitrogens with two attached hydrogens (primary N) is 1. The Kier molecular flexibility index (Phi) is 14.4. The molecular formula is C18H35NO3. The Labute approximate surface area is 135 Å². The van der Waals surface area contributed by atoms with Crippen molar-refractivity contribution in [1.82, 2.24) is 0 Å². The van der Waals surface area contributed by atoms with E-state index in [1.54, 1.807) is 0 Å². The number of carboxylic acid groups (broad SMARTS) is 1. The van der Waals surface area contributed by atoms with E-state index in [1.807, 2.05) is 0 Å². The summed E-state index contributed by atoms with van der Waals surface area (Å²) in [6.07, 6.45) is 13.2. The lowest BCUT2D eigenvalue weighted by Gasteiger charge is -2.12. The molecule has 0 aromatic rings. The molecule has 0 aromatic carbocycles. The van der Waals surface area contributed by atoms with Crippen LogP contribution in [-0.2, 0) is 9.59 Å². The van der Waals surface area contributed by atoms with Crippen LogP contribution in [0, 0.1) is 5.92 Å². The van der Waals surface area contributed by atoms with Crippen molar-refractivity contribution < 1.29 is 14.7 Å². The molecule has 22 heavy (non-hydrogen) atoms. The van der Waals surface area contributed by atoms with Gasteiger partial charge in [0.2, 0.25) is 0 Å². The summed E-state index contributed by atoms with van der Waals surface area (Å²) in [5, 5.41) is 9.26. The molecule has 0 radical (unpaired) electrons. The first kappa shape index (κ1) is 21.1. The zero-order valence-electron chi connectivity index (χ0n) is 14.3. The molecular weight excluding hydrogens is 278 g/mol. The predicted molar refractivity (Wildman–Crippen MR) is 90.9 cm³/mol. The summed E-state index contributed by atoms with van der Waals surface area (Å²) < 4.78 is 0. The second-order valence-corrected chi connectivity index (χ2v) is 6.29. The van der Waals surface area contributed by atoms with Crippen LogP contribution in [0.5, 0.6) is 0 Å². The highest BCUT2D eigenvalue weighted by atomic mass is 16.4. The van der Waals surface area contributed by atoms with E-state index in [1.165, 1.54) is 25.7 Å². The number of ketones is 1. The van der Waals surface area contributed by atoms with Crippen LogP contribution in [0.25, 0.3) is 0 Å². The Morgan fingerprint density at radius 3 is 1.86 bits per heavy atom. The lowest BCUT2D eigenvalue weighted by Crippen LogP contribution is -2.14. The van der Waals surface area contributed by atoms with Crippen LogP contribution in [0.1, 0.15) is 90.4 Å². The molecule has 0 aliphatic heterocycles. The van der Waals surface area contributed by atoms with Crippen molar-refractivity contribution in [2.75, 3.05) is 6.54 Å². The van der Waals surface area contributed by atoms with E-state index in [9.17, 15) is 14.7 Å². The second kappa shape index (κ2) is 15.0. The van der Waals surface area contributed by atoms with Crippen molar-refractivity contribution in [1.29, 1.82) is 0 Å². The summed E-state index contributed by atoms with van der Waals surface area (Å²) in [7, 11) is 0. The molecule has 1 unspecified atom stereocenters. The van der Waals surface area contributed by atoms with Crippen molar-refractivity contribution in [3.05, 3.63) is 0 Å². The zero-order valence-corrected chi connectivity index (χ0v) is 14.3. The lowest BCUT2D eigenvalue weighted by atomic mass is 9.94. The number of Topliss-reactive ketones (excluding diaryl/α,β-unsaturated/α-hetero) is 1. The van der Waals surface area contributed by atoms with Crippen LogP contribution in [-0.4, -0.2) is 23.4 Å². The lowest BCUT2D eigenvalue weighted by molar-refractivity contribution is -0.142. The van der Waals surface area contributed by atoms with Gasteiger partial charge in [0.1, 0.15) is 5.78 Å². The van der Waals surface area contributed by atoms with Crippen molar-refractivity contribution in [2.24, 2.45) is 11.7 Å². The van der Waals surface area contributed by atoms with Gasteiger partial charge in [-0.05, 0) is 19.3 Å². The number of carboxylic acids is 1. The number of hydrogen-bond acceptors (Lipinski definition) is 3. The molecule has 0 bridgehead atoms. The largest absolute Gasteiger partial charge is 0.481 e. The van der Waals surface area contributed by atoms with Crippen LogP contribution in [0.4, 0.5) is 0 Å². The summed E-state index contributed by atoms with van der Waals surface area (Å²) >= 11 is 0. The Bertz CT molecular complexity index is 292.